The van der Waals surface area contributed by atoms with Gasteiger partial charge in [0.2, 0.25) is 6.29 Å². The molecular formula is C28H36O9. The highest BCUT2D eigenvalue weighted by molar-refractivity contribution is 5.76. The van der Waals surface area contributed by atoms with Crippen molar-refractivity contribution in [1.82, 2.24) is 0 Å². The maximum Gasteiger partial charge on any atom is 0.308 e. The minimum absolute atomic E-state index is 0.0288. The number of methoxy groups -OCH3 is 2. The summed E-state index contributed by atoms with van der Waals surface area (Å²) in [4.78, 5) is 23.3. The lowest BCUT2D eigenvalue weighted by molar-refractivity contribution is -0.280. The van der Waals surface area contributed by atoms with E-state index in [1.807, 2.05) is 55.5 Å². The smallest absolute Gasteiger partial charge is 0.308 e. The van der Waals surface area contributed by atoms with E-state index in [4.69, 9.17) is 33.5 Å². The quantitative estimate of drug-likeness (QED) is 0.392. The Morgan fingerprint density at radius 1 is 0.838 bits per heavy atom. The molecule has 3 rings (SSSR count). The van der Waals surface area contributed by atoms with Gasteiger partial charge in [-0.1, -0.05) is 38.1 Å². The Balaban J connectivity index is 1.64. The number of carbonyl (C=O) groups is 2. The molecule has 37 heavy (non-hydrogen) atoms. The topological polar surface area (TPSA) is 110 Å². The molecule has 0 aromatic heterocycles. The minimum atomic E-state index is -1.07. The number of esters is 1. The third-order valence-corrected chi connectivity index (χ3v) is 6.61. The molecule has 2 aromatic carbocycles. The number of carbonyl (C=O) groups excluding carboxylic acids is 1. The van der Waals surface area contributed by atoms with Crippen molar-refractivity contribution >= 4 is 11.9 Å². The summed E-state index contributed by atoms with van der Waals surface area (Å²) in [6.45, 7) is 5.06. The fourth-order valence-corrected chi connectivity index (χ4v) is 4.10. The standard InChI is InChI=1S/C28H36O9/c1-18-19(2)27(35-16-21-7-11-23(33-4)12-8-21)28(37-26(31)14-13-25(29)30)36-24(18)17-34-15-20-5-9-22(32-3)10-6-20/h5-12,18-19,24,27-28H,13-17H2,1-4H3,(H,29,30)/t18-,19-,24?,27?,28-/m0/s1. The molecule has 0 saturated carbocycles. The Morgan fingerprint density at radius 3 is 1.95 bits per heavy atom. The Hall–Kier alpha value is -3.14. The molecule has 1 saturated heterocycles. The third kappa shape index (κ3) is 8.45. The minimum Gasteiger partial charge on any atom is -0.497 e. The van der Waals surface area contributed by atoms with Crippen LogP contribution < -0.4 is 9.47 Å². The zero-order valence-electron chi connectivity index (χ0n) is 21.8. The van der Waals surface area contributed by atoms with Crippen molar-refractivity contribution in [2.24, 2.45) is 11.8 Å². The molecule has 9 heteroatoms. The second-order valence-electron chi connectivity index (χ2n) is 9.13. The number of benzene rings is 2. The first-order valence-electron chi connectivity index (χ1n) is 12.3. The van der Waals surface area contributed by atoms with Crippen molar-refractivity contribution < 1.29 is 43.1 Å². The van der Waals surface area contributed by atoms with Crippen molar-refractivity contribution in [2.45, 2.75) is 58.4 Å². The molecule has 1 heterocycles. The number of hydrogen-bond acceptors (Lipinski definition) is 8. The summed E-state index contributed by atoms with van der Waals surface area (Å²) in [6, 6.07) is 15.1. The first kappa shape index (κ1) is 28.4. The van der Waals surface area contributed by atoms with Gasteiger partial charge in [0.1, 0.15) is 17.6 Å². The molecule has 2 unspecified atom stereocenters. The lowest BCUT2D eigenvalue weighted by Gasteiger charge is -2.43. The SMILES string of the molecule is COc1ccc(COCC2O[C@@H](OC(=O)CCC(=O)O)C(OCc3ccc(OC)cc3)[C@@H](C)[C@@H]2C)cc1. The van der Waals surface area contributed by atoms with E-state index in [1.165, 1.54) is 0 Å². The number of aliphatic carboxylic acids is 1. The average molecular weight is 517 g/mol. The zero-order chi connectivity index (χ0) is 26.8. The molecule has 0 amide bonds. The highest BCUT2D eigenvalue weighted by Crippen LogP contribution is 2.34. The van der Waals surface area contributed by atoms with Gasteiger partial charge in [-0.15, -0.1) is 0 Å². The molecule has 1 N–H and O–H groups in total. The van der Waals surface area contributed by atoms with Gasteiger partial charge in [-0.3, -0.25) is 9.59 Å². The van der Waals surface area contributed by atoms with Crippen molar-refractivity contribution in [2.75, 3.05) is 20.8 Å². The van der Waals surface area contributed by atoms with Crippen LogP contribution in [0, 0.1) is 11.8 Å². The van der Waals surface area contributed by atoms with Crippen LogP contribution in [0.4, 0.5) is 0 Å². The van der Waals surface area contributed by atoms with Crippen LogP contribution in [-0.2, 0) is 41.8 Å². The van der Waals surface area contributed by atoms with Gasteiger partial charge < -0.3 is 33.5 Å². The average Bonchev–Trinajstić information content (AvgIpc) is 2.90. The van der Waals surface area contributed by atoms with E-state index >= 15 is 0 Å². The van der Waals surface area contributed by atoms with Crippen molar-refractivity contribution in [3.63, 3.8) is 0 Å². The van der Waals surface area contributed by atoms with Crippen LogP contribution in [0.3, 0.4) is 0 Å². The molecule has 1 aliphatic rings. The van der Waals surface area contributed by atoms with Gasteiger partial charge >= 0.3 is 11.9 Å². The van der Waals surface area contributed by atoms with Gasteiger partial charge in [0.05, 0.1) is 53.0 Å². The predicted molar refractivity (Wildman–Crippen MR) is 134 cm³/mol. The largest absolute Gasteiger partial charge is 0.497 e. The molecule has 202 valence electrons. The Morgan fingerprint density at radius 2 is 1.41 bits per heavy atom. The normalized spacial score (nSPS) is 23.3. The molecule has 1 aliphatic heterocycles. The number of carboxylic acid groups (broad SMARTS) is 1. The van der Waals surface area contributed by atoms with E-state index in [0.29, 0.717) is 13.2 Å². The lowest BCUT2D eigenvalue weighted by atomic mass is 9.83. The number of ether oxygens (including phenoxy) is 6. The summed E-state index contributed by atoms with van der Waals surface area (Å²) in [7, 11) is 3.22. The Labute approximate surface area is 217 Å². The zero-order valence-corrected chi connectivity index (χ0v) is 21.8. The van der Waals surface area contributed by atoms with Crippen LogP contribution in [0.2, 0.25) is 0 Å². The summed E-state index contributed by atoms with van der Waals surface area (Å²) in [6.07, 6.45) is -2.43. The summed E-state index contributed by atoms with van der Waals surface area (Å²) in [5, 5.41) is 8.91. The number of hydrogen-bond donors (Lipinski definition) is 1. The second-order valence-corrected chi connectivity index (χ2v) is 9.13. The van der Waals surface area contributed by atoms with Gasteiger partial charge in [0.15, 0.2) is 0 Å². The van der Waals surface area contributed by atoms with Crippen molar-refractivity contribution in [1.29, 1.82) is 0 Å². The maximum absolute atomic E-state index is 12.4. The van der Waals surface area contributed by atoms with Crippen LogP contribution in [0.5, 0.6) is 11.5 Å². The third-order valence-electron chi connectivity index (χ3n) is 6.61. The molecule has 9 nitrogen and oxygen atoms in total. The Kier molecular flexibility index (Phi) is 10.7. The summed E-state index contributed by atoms with van der Waals surface area (Å²) >= 11 is 0. The Bertz CT molecular complexity index is 988. The lowest BCUT2D eigenvalue weighted by Crippen LogP contribution is -2.53. The highest BCUT2D eigenvalue weighted by atomic mass is 16.7. The van der Waals surface area contributed by atoms with Gasteiger partial charge in [0.25, 0.3) is 0 Å². The van der Waals surface area contributed by atoms with Gasteiger partial charge in [-0.25, -0.2) is 0 Å². The van der Waals surface area contributed by atoms with Crippen LogP contribution in [0.25, 0.3) is 0 Å². The summed E-state index contributed by atoms with van der Waals surface area (Å²) in [5.41, 5.74) is 1.93. The van der Waals surface area contributed by atoms with E-state index in [1.54, 1.807) is 14.2 Å². The van der Waals surface area contributed by atoms with E-state index in [0.717, 1.165) is 22.6 Å². The van der Waals surface area contributed by atoms with Crippen molar-refractivity contribution in [3.8, 4) is 11.5 Å². The second kappa shape index (κ2) is 14.0. The number of rotatable bonds is 13. The monoisotopic (exact) mass is 516 g/mol. The molecule has 0 bridgehead atoms. The molecule has 0 aliphatic carbocycles. The summed E-state index contributed by atoms with van der Waals surface area (Å²) < 4.78 is 34.3. The molecule has 0 spiro atoms. The van der Waals surface area contributed by atoms with E-state index in [-0.39, 0.29) is 37.4 Å². The fourth-order valence-electron chi connectivity index (χ4n) is 4.10. The van der Waals surface area contributed by atoms with Crippen LogP contribution in [-0.4, -0.2) is 56.4 Å². The highest BCUT2D eigenvalue weighted by Gasteiger charge is 2.44. The van der Waals surface area contributed by atoms with Gasteiger partial charge in [0, 0.05) is 0 Å². The molecule has 2 aromatic rings. The summed E-state index contributed by atoms with van der Waals surface area (Å²) in [5.74, 6) is -0.181. The van der Waals surface area contributed by atoms with Crippen LogP contribution in [0.1, 0.15) is 37.8 Å². The molecule has 5 atom stereocenters. The molecular weight excluding hydrogens is 480 g/mol. The maximum atomic E-state index is 12.4. The first-order valence-corrected chi connectivity index (χ1v) is 12.3. The van der Waals surface area contributed by atoms with E-state index < -0.39 is 24.3 Å². The predicted octanol–water partition coefficient (Wildman–Crippen LogP) is 4.21. The van der Waals surface area contributed by atoms with E-state index in [2.05, 4.69) is 6.92 Å². The molecule has 1 fully saturated rings. The fraction of sp³-hybridized carbons (Fsp3) is 0.500. The number of carboxylic acids is 1. The van der Waals surface area contributed by atoms with Crippen molar-refractivity contribution in [3.05, 3.63) is 59.7 Å². The first-order chi connectivity index (χ1) is 17.8. The van der Waals surface area contributed by atoms with Gasteiger partial charge in [-0.05, 0) is 47.2 Å². The van der Waals surface area contributed by atoms with Crippen LogP contribution in [0.15, 0.2) is 48.5 Å². The van der Waals surface area contributed by atoms with Crippen LogP contribution >= 0.6 is 0 Å². The van der Waals surface area contributed by atoms with Gasteiger partial charge in [-0.2, -0.15) is 0 Å². The molecule has 0 radical (unpaired) electrons. The van der Waals surface area contributed by atoms with E-state index in [9.17, 15) is 9.59 Å².